The fourth-order valence-electron chi connectivity index (χ4n) is 5.24. The van der Waals surface area contributed by atoms with Crippen molar-refractivity contribution in [1.82, 2.24) is 0 Å². The molecule has 0 radical (unpaired) electrons. The Hall–Kier alpha value is -1.76. The molecule has 25 heavy (non-hydrogen) atoms. The van der Waals surface area contributed by atoms with E-state index in [0.29, 0.717) is 11.8 Å². The summed E-state index contributed by atoms with van der Waals surface area (Å²) < 4.78 is 0. The molecule has 2 unspecified atom stereocenters. The Kier molecular flexibility index (Phi) is 4.58. The minimum absolute atomic E-state index is 0.697. The van der Waals surface area contributed by atoms with E-state index in [1.165, 1.54) is 56.2 Å². The minimum Gasteiger partial charge on any atom is -0.377 e. The highest BCUT2D eigenvalue weighted by molar-refractivity contribution is 5.58. The van der Waals surface area contributed by atoms with Crippen LogP contribution >= 0.6 is 0 Å². The van der Waals surface area contributed by atoms with Gasteiger partial charge < -0.3 is 4.90 Å². The van der Waals surface area contributed by atoms with Crippen LogP contribution in [0.15, 0.2) is 36.4 Å². The molecule has 0 bridgehead atoms. The minimum atomic E-state index is 0.697. The first-order valence-electron chi connectivity index (χ1n) is 10.0. The van der Waals surface area contributed by atoms with Crippen LogP contribution in [-0.4, -0.2) is 14.1 Å². The highest BCUT2D eigenvalue weighted by Gasteiger charge is 2.32. The number of aryl methyl sites for hydroxylation is 2. The molecule has 0 N–H and O–H groups in total. The van der Waals surface area contributed by atoms with Crippen LogP contribution < -0.4 is 4.90 Å². The second kappa shape index (κ2) is 6.86. The number of nitrogens with zero attached hydrogens (tertiary/aromatic N) is 1. The zero-order chi connectivity index (χ0) is 17.4. The highest BCUT2D eigenvalue weighted by Crippen LogP contribution is 2.48. The Balaban J connectivity index is 1.80. The van der Waals surface area contributed by atoms with Gasteiger partial charge in [0, 0.05) is 19.8 Å². The summed E-state index contributed by atoms with van der Waals surface area (Å²) in [7, 11) is 4.37. The first-order valence-corrected chi connectivity index (χ1v) is 10.0. The molecule has 2 aromatic rings. The molecule has 2 aromatic carbocycles. The average molecular weight is 334 g/mol. The molecule has 0 aromatic heterocycles. The van der Waals surface area contributed by atoms with Gasteiger partial charge in [0.2, 0.25) is 0 Å². The molecule has 1 nitrogen and oxygen atoms in total. The predicted octanol–water partition coefficient (Wildman–Crippen LogP) is 5.99. The van der Waals surface area contributed by atoms with Crippen molar-refractivity contribution in [3.05, 3.63) is 64.2 Å². The van der Waals surface area contributed by atoms with E-state index < -0.39 is 0 Å². The normalized spacial score (nSPS) is 22.7. The van der Waals surface area contributed by atoms with Crippen LogP contribution in [0, 0.1) is 6.92 Å². The standard InChI is InChI=1S/C24H31N/c1-17-14-15-18-8-4-5-9-21(23(18)16-17)19-10-6-12-22-20(19)11-7-13-24(22)25(2)3/h7,11,13-16,19,21H,4-6,8-10,12H2,1-3H3. The van der Waals surface area contributed by atoms with Crippen molar-refractivity contribution in [1.29, 1.82) is 0 Å². The molecule has 0 spiro atoms. The number of benzene rings is 2. The zero-order valence-electron chi connectivity index (χ0n) is 16.0. The van der Waals surface area contributed by atoms with Gasteiger partial charge in [-0.2, -0.15) is 0 Å². The molecule has 0 saturated carbocycles. The van der Waals surface area contributed by atoms with E-state index in [4.69, 9.17) is 0 Å². The summed E-state index contributed by atoms with van der Waals surface area (Å²) in [5.41, 5.74) is 9.37. The molecule has 0 heterocycles. The third-order valence-electron chi connectivity index (χ3n) is 6.41. The van der Waals surface area contributed by atoms with Gasteiger partial charge in [0.25, 0.3) is 0 Å². The number of hydrogen-bond donors (Lipinski definition) is 0. The summed E-state index contributed by atoms with van der Waals surface area (Å²) in [5.74, 6) is 1.40. The van der Waals surface area contributed by atoms with Crippen LogP contribution in [-0.2, 0) is 12.8 Å². The van der Waals surface area contributed by atoms with Gasteiger partial charge in [0.1, 0.15) is 0 Å². The summed E-state index contributed by atoms with van der Waals surface area (Å²) in [5, 5.41) is 0. The Morgan fingerprint density at radius 3 is 2.48 bits per heavy atom. The maximum atomic E-state index is 2.50. The van der Waals surface area contributed by atoms with E-state index in [2.05, 4.69) is 62.3 Å². The third-order valence-corrected chi connectivity index (χ3v) is 6.41. The van der Waals surface area contributed by atoms with Gasteiger partial charge in [-0.25, -0.2) is 0 Å². The van der Waals surface area contributed by atoms with Crippen molar-refractivity contribution < 1.29 is 0 Å². The highest BCUT2D eigenvalue weighted by atomic mass is 15.1. The Bertz CT molecular complexity index is 759. The molecule has 2 aliphatic rings. The van der Waals surface area contributed by atoms with Crippen LogP contribution in [0.2, 0.25) is 0 Å². The quantitative estimate of drug-likeness (QED) is 0.610. The molecular weight excluding hydrogens is 302 g/mol. The molecule has 132 valence electrons. The van der Waals surface area contributed by atoms with Gasteiger partial charge >= 0.3 is 0 Å². The van der Waals surface area contributed by atoms with Crippen LogP contribution in [0.4, 0.5) is 5.69 Å². The zero-order valence-corrected chi connectivity index (χ0v) is 16.0. The van der Waals surface area contributed by atoms with Crippen molar-refractivity contribution in [2.45, 2.75) is 63.7 Å². The number of rotatable bonds is 2. The Labute approximate surface area is 153 Å². The molecule has 4 rings (SSSR count). The lowest BCUT2D eigenvalue weighted by Gasteiger charge is -2.35. The van der Waals surface area contributed by atoms with Gasteiger partial charge in [-0.1, -0.05) is 42.3 Å². The lowest BCUT2D eigenvalue weighted by atomic mass is 9.71. The summed E-state index contributed by atoms with van der Waals surface area (Å²) >= 11 is 0. The fourth-order valence-corrected chi connectivity index (χ4v) is 5.24. The second-order valence-electron chi connectivity index (χ2n) is 8.29. The van der Waals surface area contributed by atoms with Crippen molar-refractivity contribution in [3.63, 3.8) is 0 Å². The van der Waals surface area contributed by atoms with Gasteiger partial charge in [-0.3, -0.25) is 0 Å². The van der Waals surface area contributed by atoms with E-state index in [0.717, 1.165) is 0 Å². The van der Waals surface area contributed by atoms with Crippen LogP contribution in [0.5, 0.6) is 0 Å². The molecule has 0 aliphatic heterocycles. The molecule has 0 amide bonds. The first kappa shape index (κ1) is 16.7. The topological polar surface area (TPSA) is 3.24 Å². The van der Waals surface area contributed by atoms with Gasteiger partial charge in [0.05, 0.1) is 0 Å². The molecule has 0 saturated heterocycles. The number of fused-ring (bicyclic) bond motifs is 2. The summed E-state index contributed by atoms with van der Waals surface area (Å²) in [6, 6.07) is 14.2. The number of anilines is 1. The Morgan fingerprint density at radius 2 is 1.64 bits per heavy atom. The first-order chi connectivity index (χ1) is 12.1. The van der Waals surface area contributed by atoms with E-state index >= 15 is 0 Å². The van der Waals surface area contributed by atoms with Crippen molar-refractivity contribution in [2.75, 3.05) is 19.0 Å². The smallest absolute Gasteiger partial charge is 0.0396 e. The third kappa shape index (κ3) is 3.10. The van der Waals surface area contributed by atoms with E-state index in [1.807, 2.05) is 0 Å². The molecule has 1 heteroatoms. The van der Waals surface area contributed by atoms with Crippen LogP contribution in [0.25, 0.3) is 0 Å². The van der Waals surface area contributed by atoms with Crippen LogP contribution in [0.1, 0.15) is 71.8 Å². The van der Waals surface area contributed by atoms with E-state index in [-0.39, 0.29) is 0 Å². The molecule has 2 aliphatic carbocycles. The van der Waals surface area contributed by atoms with E-state index in [1.54, 1.807) is 22.3 Å². The fraction of sp³-hybridized carbons (Fsp3) is 0.500. The van der Waals surface area contributed by atoms with Crippen molar-refractivity contribution >= 4 is 5.69 Å². The lowest BCUT2D eigenvalue weighted by molar-refractivity contribution is 0.439. The SMILES string of the molecule is Cc1ccc2c(c1)C(C1CCCc3c1cccc3N(C)C)CCCC2. The maximum absolute atomic E-state index is 2.50. The summed E-state index contributed by atoms with van der Waals surface area (Å²) in [6.07, 6.45) is 9.27. The van der Waals surface area contributed by atoms with Gasteiger partial charge in [0.15, 0.2) is 0 Å². The van der Waals surface area contributed by atoms with Crippen LogP contribution in [0.3, 0.4) is 0 Å². The summed E-state index contributed by atoms with van der Waals surface area (Å²) in [4.78, 5) is 2.30. The second-order valence-corrected chi connectivity index (χ2v) is 8.29. The number of hydrogen-bond acceptors (Lipinski definition) is 1. The van der Waals surface area contributed by atoms with Crippen molar-refractivity contribution in [3.8, 4) is 0 Å². The van der Waals surface area contributed by atoms with Crippen molar-refractivity contribution in [2.24, 2.45) is 0 Å². The van der Waals surface area contributed by atoms with E-state index in [9.17, 15) is 0 Å². The average Bonchev–Trinajstić information content (AvgIpc) is 2.82. The lowest BCUT2D eigenvalue weighted by Crippen LogP contribution is -2.21. The maximum Gasteiger partial charge on any atom is 0.0396 e. The Morgan fingerprint density at radius 1 is 0.840 bits per heavy atom. The largest absolute Gasteiger partial charge is 0.377 e. The molecule has 0 fully saturated rings. The van der Waals surface area contributed by atoms with Gasteiger partial charge in [-0.05, 0) is 85.6 Å². The molecule has 2 atom stereocenters. The monoisotopic (exact) mass is 333 g/mol. The summed E-state index contributed by atoms with van der Waals surface area (Å²) in [6.45, 7) is 2.25. The molecular formula is C24H31N. The predicted molar refractivity (Wildman–Crippen MR) is 108 cm³/mol. The van der Waals surface area contributed by atoms with Gasteiger partial charge in [-0.15, -0.1) is 0 Å².